The molecule has 0 atom stereocenters. The highest BCUT2D eigenvalue weighted by atomic mass is 32.2. The normalized spacial score (nSPS) is 17.8. The summed E-state index contributed by atoms with van der Waals surface area (Å²) < 4.78 is 42.7. The third-order valence-electron chi connectivity index (χ3n) is 7.89. The largest absolute Gasteiger partial charge is 0.496 e. The van der Waals surface area contributed by atoms with Crippen molar-refractivity contribution in [2.24, 2.45) is 0 Å². The minimum Gasteiger partial charge on any atom is -0.496 e. The summed E-state index contributed by atoms with van der Waals surface area (Å²) in [5.74, 6) is 1.65. The van der Waals surface area contributed by atoms with Gasteiger partial charge in [0.1, 0.15) is 17.2 Å². The van der Waals surface area contributed by atoms with Crippen molar-refractivity contribution >= 4 is 27.2 Å². The Morgan fingerprint density at radius 2 is 1.64 bits per heavy atom. The molecule has 8 heteroatoms. The number of anilines is 2. The third-order valence-corrected chi connectivity index (χ3v) is 9.61. The molecule has 0 saturated heterocycles. The van der Waals surface area contributed by atoms with Crippen LogP contribution in [0, 0.1) is 0 Å². The van der Waals surface area contributed by atoms with E-state index in [2.05, 4.69) is 48.3 Å². The maximum absolute atomic E-state index is 12.8. The van der Waals surface area contributed by atoms with E-state index >= 15 is 0 Å². The summed E-state index contributed by atoms with van der Waals surface area (Å²) in [6.45, 7) is 4.98. The molecule has 39 heavy (non-hydrogen) atoms. The van der Waals surface area contributed by atoms with Gasteiger partial charge in [-0.1, -0.05) is 31.0 Å². The fraction of sp³-hybridized carbons (Fsp3) is 0.355. The molecule has 3 aromatic rings. The Morgan fingerprint density at radius 1 is 0.923 bits per heavy atom. The highest BCUT2D eigenvalue weighted by Crippen LogP contribution is 2.51. The Morgan fingerprint density at radius 3 is 2.38 bits per heavy atom. The van der Waals surface area contributed by atoms with E-state index in [-0.39, 0.29) is 11.3 Å². The van der Waals surface area contributed by atoms with E-state index in [0.29, 0.717) is 25.1 Å². The van der Waals surface area contributed by atoms with Gasteiger partial charge >= 0.3 is 10.1 Å². The van der Waals surface area contributed by atoms with Gasteiger partial charge in [0, 0.05) is 35.1 Å². The maximum atomic E-state index is 12.8. The van der Waals surface area contributed by atoms with Gasteiger partial charge in [0.05, 0.1) is 30.7 Å². The first-order valence-electron chi connectivity index (χ1n) is 13.4. The van der Waals surface area contributed by atoms with Gasteiger partial charge in [-0.25, -0.2) is 0 Å². The van der Waals surface area contributed by atoms with E-state index in [0.717, 1.165) is 52.4 Å². The molecular formula is C31H34N2O5S. The highest BCUT2D eigenvalue weighted by molar-refractivity contribution is 7.87. The number of nitrogens with zero attached hydrogens (tertiary/aromatic N) is 1. The zero-order valence-electron chi connectivity index (χ0n) is 22.8. The molecule has 1 saturated carbocycles. The summed E-state index contributed by atoms with van der Waals surface area (Å²) >= 11 is 0. The van der Waals surface area contributed by atoms with E-state index in [1.54, 1.807) is 26.4 Å². The van der Waals surface area contributed by atoms with Crippen molar-refractivity contribution in [2.45, 2.75) is 56.9 Å². The molecule has 2 aliphatic heterocycles. The van der Waals surface area contributed by atoms with Crippen LogP contribution >= 0.6 is 0 Å². The Kier molecular flexibility index (Phi) is 6.25. The Labute approximate surface area is 230 Å². The van der Waals surface area contributed by atoms with Crippen LogP contribution in [0.3, 0.4) is 0 Å². The fourth-order valence-corrected chi connectivity index (χ4v) is 7.53. The summed E-state index contributed by atoms with van der Waals surface area (Å²) in [4.78, 5) is 2.30. The van der Waals surface area contributed by atoms with Gasteiger partial charge in [-0.3, -0.25) is 0 Å². The van der Waals surface area contributed by atoms with Gasteiger partial charge < -0.3 is 23.9 Å². The SMILES string of the molecule is COc1cc(OS(=O)(=O)C2CCCC2)ccc1-c1ccc2c3c1CN(c1ccccc1OC)C3=CC(C)(C)N2. The molecule has 7 nitrogen and oxygen atoms in total. The van der Waals surface area contributed by atoms with Gasteiger partial charge in [-0.15, -0.1) is 0 Å². The summed E-state index contributed by atoms with van der Waals surface area (Å²) in [7, 11) is -0.384. The molecule has 6 rings (SSSR count). The van der Waals surface area contributed by atoms with Crippen molar-refractivity contribution in [1.29, 1.82) is 0 Å². The zero-order valence-corrected chi connectivity index (χ0v) is 23.6. The van der Waals surface area contributed by atoms with Crippen molar-refractivity contribution in [1.82, 2.24) is 0 Å². The van der Waals surface area contributed by atoms with Crippen LogP contribution in [-0.4, -0.2) is 33.4 Å². The highest BCUT2D eigenvalue weighted by Gasteiger charge is 2.37. The second-order valence-corrected chi connectivity index (χ2v) is 12.8. The summed E-state index contributed by atoms with van der Waals surface area (Å²) in [5, 5.41) is 3.23. The van der Waals surface area contributed by atoms with Crippen molar-refractivity contribution < 1.29 is 22.1 Å². The number of benzene rings is 3. The quantitative estimate of drug-likeness (QED) is 0.335. The molecule has 0 aromatic heterocycles. The number of hydrogen-bond acceptors (Lipinski definition) is 7. The lowest BCUT2D eigenvalue weighted by Gasteiger charge is -2.33. The Balaban J connectivity index is 1.43. The molecule has 0 radical (unpaired) electrons. The van der Waals surface area contributed by atoms with Crippen molar-refractivity contribution in [3.05, 3.63) is 71.8 Å². The number of rotatable bonds is 7. The minimum absolute atomic E-state index is 0.229. The molecule has 0 unspecified atom stereocenters. The molecule has 1 N–H and O–H groups in total. The molecule has 2 heterocycles. The molecule has 3 aliphatic rings. The van der Waals surface area contributed by atoms with Crippen molar-refractivity contribution in [3.8, 4) is 28.4 Å². The topological polar surface area (TPSA) is 77.1 Å². The second kappa shape index (κ2) is 9.52. The van der Waals surface area contributed by atoms with Gasteiger partial charge in [-0.2, -0.15) is 8.42 Å². The van der Waals surface area contributed by atoms with Crippen LogP contribution in [-0.2, 0) is 16.7 Å². The van der Waals surface area contributed by atoms with E-state index in [4.69, 9.17) is 13.7 Å². The molecule has 1 aliphatic carbocycles. The number of nitrogens with one attached hydrogen (secondary N) is 1. The van der Waals surface area contributed by atoms with E-state index in [1.165, 1.54) is 5.56 Å². The summed E-state index contributed by atoms with van der Waals surface area (Å²) in [6.07, 6.45) is 5.42. The molecule has 1 fully saturated rings. The lowest BCUT2D eigenvalue weighted by atomic mass is 9.89. The van der Waals surface area contributed by atoms with Crippen LogP contribution in [0.25, 0.3) is 16.8 Å². The monoisotopic (exact) mass is 546 g/mol. The van der Waals surface area contributed by atoms with Gasteiger partial charge in [0.25, 0.3) is 0 Å². The van der Waals surface area contributed by atoms with Gasteiger partial charge in [-0.05, 0) is 74.2 Å². The van der Waals surface area contributed by atoms with Gasteiger partial charge in [0.2, 0.25) is 0 Å². The number of hydrogen-bond donors (Lipinski definition) is 1. The van der Waals surface area contributed by atoms with Gasteiger partial charge in [0.15, 0.2) is 0 Å². The summed E-state index contributed by atoms with van der Waals surface area (Å²) in [5.41, 5.74) is 7.22. The average Bonchev–Trinajstić information content (AvgIpc) is 3.58. The average molecular weight is 547 g/mol. The first-order valence-corrected chi connectivity index (χ1v) is 14.9. The van der Waals surface area contributed by atoms with Crippen LogP contribution in [0.5, 0.6) is 17.2 Å². The van der Waals surface area contributed by atoms with Crippen LogP contribution < -0.4 is 23.9 Å². The smallest absolute Gasteiger partial charge is 0.312 e. The Bertz CT molecular complexity index is 1570. The minimum atomic E-state index is -3.68. The fourth-order valence-electron chi connectivity index (χ4n) is 6.11. The lowest BCUT2D eigenvalue weighted by Crippen LogP contribution is -2.33. The maximum Gasteiger partial charge on any atom is 0.312 e. The molecule has 0 amide bonds. The predicted molar refractivity (Wildman–Crippen MR) is 155 cm³/mol. The van der Waals surface area contributed by atoms with Crippen molar-refractivity contribution in [3.63, 3.8) is 0 Å². The lowest BCUT2D eigenvalue weighted by molar-refractivity contribution is 0.412. The van der Waals surface area contributed by atoms with E-state index in [1.807, 2.05) is 24.3 Å². The number of para-hydroxylation sites is 2. The van der Waals surface area contributed by atoms with Crippen molar-refractivity contribution in [2.75, 3.05) is 24.4 Å². The standard InChI is InChI=1S/C31H34N2O5S/c1-31(2)18-27-30-24(19-33(27)26-11-7-8-12-28(26)36-3)22(15-16-25(30)32-31)23-14-13-20(17-29(23)37-4)38-39(34,35)21-9-5-6-10-21/h7-8,11-18,21,32H,5-6,9-10,19H2,1-4H3. The second-order valence-electron chi connectivity index (χ2n) is 11.0. The predicted octanol–water partition coefficient (Wildman–Crippen LogP) is 6.59. The van der Waals surface area contributed by atoms with Crippen LogP contribution in [0.1, 0.15) is 50.7 Å². The first-order chi connectivity index (χ1) is 18.7. The third kappa shape index (κ3) is 4.50. The molecule has 204 valence electrons. The Hall–Kier alpha value is -3.65. The first kappa shape index (κ1) is 25.6. The number of ether oxygens (including phenoxy) is 2. The van der Waals surface area contributed by atoms with Crippen LogP contribution in [0.15, 0.2) is 60.7 Å². The summed E-state index contributed by atoms with van der Waals surface area (Å²) in [6, 6.07) is 17.6. The zero-order chi connectivity index (χ0) is 27.4. The van der Waals surface area contributed by atoms with Crippen LogP contribution in [0.4, 0.5) is 11.4 Å². The van der Waals surface area contributed by atoms with Crippen LogP contribution in [0.2, 0.25) is 0 Å². The molecule has 0 spiro atoms. The van der Waals surface area contributed by atoms with E-state index in [9.17, 15) is 8.42 Å². The molecular weight excluding hydrogens is 512 g/mol. The molecule has 0 bridgehead atoms. The van der Waals surface area contributed by atoms with E-state index < -0.39 is 15.4 Å². The molecule has 3 aromatic carbocycles. The number of methoxy groups -OCH3 is 2.